The molecule has 4 aromatic carbocycles. The molecule has 4 fully saturated rings. The number of carbonyl (C=O) groups excluding carboxylic acids is 5. The number of aromatic carboxylic acids is 1. The van der Waals surface area contributed by atoms with Crippen LogP contribution in [0.3, 0.4) is 0 Å². The fraction of sp³-hybridized carbons (Fsp3) is 0.355. The van der Waals surface area contributed by atoms with E-state index in [0.29, 0.717) is 79.0 Å². The molecule has 4 aliphatic rings. The van der Waals surface area contributed by atoms with Crippen molar-refractivity contribution >= 4 is 87.1 Å². The van der Waals surface area contributed by atoms with Crippen LogP contribution in [0.2, 0.25) is 0 Å². The Labute approximate surface area is 564 Å². The number of hydrogen-bond donors (Lipinski definition) is 6. The van der Waals surface area contributed by atoms with E-state index in [4.69, 9.17) is 20.3 Å². The fourth-order valence-electron chi connectivity index (χ4n) is 13.6. The van der Waals surface area contributed by atoms with E-state index in [1.165, 1.54) is 66.7 Å². The van der Waals surface area contributed by atoms with Gasteiger partial charge in [-0.05, 0) is 192 Å². The van der Waals surface area contributed by atoms with Gasteiger partial charge in [0.1, 0.15) is 16.7 Å². The Morgan fingerprint density at radius 1 is 0.629 bits per heavy atom. The zero-order valence-corrected chi connectivity index (χ0v) is 56.1. The number of likely N-dealkylation sites (N-methyl/N-ethyl adjacent to an activating group) is 1. The molecule has 4 aromatic heterocycles. The molecule has 0 bridgehead atoms. The van der Waals surface area contributed by atoms with Gasteiger partial charge in [-0.2, -0.15) is 0 Å². The number of nitrogens with two attached hydrogens (primary N) is 1. The Kier molecular flexibility index (Phi) is 21.7. The van der Waals surface area contributed by atoms with E-state index in [1.807, 2.05) is 93.0 Å². The van der Waals surface area contributed by atoms with Crippen LogP contribution in [0.15, 0.2) is 146 Å². The van der Waals surface area contributed by atoms with E-state index in [1.54, 1.807) is 94.4 Å². The third-order valence-electron chi connectivity index (χ3n) is 18.4. The summed E-state index contributed by atoms with van der Waals surface area (Å²) in [7, 11) is 5.98. The number of nitrogens with zero attached hydrogens (tertiary/aromatic N) is 6. The maximum absolute atomic E-state index is 13.8. The summed E-state index contributed by atoms with van der Waals surface area (Å²) in [4.78, 5) is 98.6. The number of esters is 1. The van der Waals surface area contributed by atoms with Gasteiger partial charge >= 0.3 is 24.0 Å². The maximum atomic E-state index is 13.8. The lowest BCUT2D eigenvalue weighted by Gasteiger charge is -2.29. The van der Waals surface area contributed by atoms with Crippen molar-refractivity contribution in [3.8, 4) is 22.8 Å². The first kappa shape index (κ1) is 69.6. The minimum absolute atomic E-state index is 0.0914. The number of rotatable bonds is 16. The SMILES string of the molecule is CCOC(=O)/C=C/c1ccc(NC(=O)[C@]2(N)CCN(C(=O)OC(C)(C)C)C2)cc1.CN1CC[C@@](NC(=O)c2ccc3c(C4CCCC4)c(-c4ccccn4)n(C)c3c2)(C(=O)Nc2ccc(/C=C/C(=O)O)cc2)C1.Cn1c(-c2ccccn2)c(C2CCCC2)c2ccc(C(=O)O)cc21. The van der Waals surface area contributed by atoms with Gasteiger partial charge in [-0.15, -0.1) is 0 Å². The first-order valence-corrected chi connectivity index (χ1v) is 33.1. The van der Waals surface area contributed by atoms with E-state index in [2.05, 4.69) is 41.1 Å². The zero-order valence-electron chi connectivity index (χ0n) is 56.1. The highest BCUT2D eigenvalue weighted by Gasteiger charge is 2.46. The molecule has 2 saturated carbocycles. The molecule has 2 aliphatic heterocycles. The van der Waals surface area contributed by atoms with E-state index < -0.39 is 40.7 Å². The van der Waals surface area contributed by atoms with Crippen LogP contribution in [0.5, 0.6) is 0 Å². The molecule has 6 heterocycles. The number of fused-ring (bicyclic) bond motifs is 2. The van der Waals surface area contributed by atoms with Gasteiger partial charge in [0.25, 0.3) is 11.8 Å². The normalized spacial score (nSPS) is 18.2. The van der Waals surface area contributed by atoms with Crippen LogP contribution in [-0.4, -0.2) is 137 Å². The molecule has 0 spiro atoms. The number of ether oxygens (including phenoxy) is 2. The van der Waals surface area contributed by atoms with Gasteiger partial charge in [0.05, 0.1) is 41.5 Å². The van der Waals surface area contributed by atoms with Crippen LogP contribution in [0.4, 0.5) is 16.2 Å². The second-order valence-electron chi connectivity index (χ2n) is 26.5. The quantitative estimate of drug-likeness (QED) is 0.0387. The minimum Gasteiger partial charge on any atom is -0.478 e. The summed E-state index contributed by atoms with van der Waals surface area (Å²) in [5.41, 5.74) is 15.5. The number of hydrogen-bond acceptors (Lipinski definition) is 13. The van der Waals surface area contributed by atoms with Gasteiger partial charge < -0.3 is 60.3 Å². The summed E-state index contributed by atoms with van der Waals surface area (Å²) in [5.74, 6) is -2.29. The smallest absolute Gasteiger partial charge is 0.410 e. The highest BCUT2D eigenvalue weighted by molar-refractivity contribution is 6.06. The molecule has 2 saturated heterocycles. The number of amides is 4. The van der Waals surface area contributed by atoms with Gasteiger partial charge in [0.15, 0.2) is 0 Å². The first-order valence-electron chi connectivity index (χ1n) is 33.1. The summed E-state index contributed by atoms with van der Waals surface area (Å²) in [6.07, 6.45) is 19.1. The minimum atomic E-state index is -1.18. The molecule has 506 valence electrons. The molecule has 12 rings (SSSR count). The van der Waals surface area contributed by atoms with Crippen molar-refractivity contribution in [1.29, 1.82) is 0 Å². The van der Waals surface area contributed by atoms with Gasteiger partial charge in [0, 0.05) is 97.0 Å². The zero-order chi connectivity index (χ0) is 69.2. The van der Waals surface area contributed by atoms with Crippen LogP contribution in [0.25, 0.3) is 56.7 Å². The number of likely N-dealkylation sites (tertiary alicyclic amines) is 2. The number of nitrogens with one attached hydrogen (secondary N) is 3. The Morgan fingerprint density at radius 3 is 1.60 bits per heavy atom. The third kappa shape index (κ3) is 16.5. The van der Waals surface area contributed by atoms with Gasteiger partial charge in [-0.25, -0.2) is 19.2 Å². The molecule has 2 aliphatic carbocycles. The van der Waals surface area contributed by atoms with Gasteiger partial charge in [-0.3, -0.25) is 24.4 Å². The van der Waals surface area contributed by atoms with Crippen molar-refractivity contribution < 1.29 is 53.2 Å². The van der Waals surface area contributed by atoms with E-state index >= 15 is 0 Å². The molecule has 21 nitrogen and oxygen atoms in total. The first-order chi connectivity index (χ1) is 46.4. The molecule has 0 radical (unpaired) electrons. The van der Waals surface area contributed by atoms with Crippen LogP contribution in [0, 0.1) is 0 Å². The predicted molar refractivity (Wildman–Crippen MR) is 376 cm³/mol. The Balaban J connectivity index is 0.000000167. The maximum Gasteiger partial charge on any atom is 0.410 e. The van der Waals surface area contributed by atoms with Gasteiger partial charge in [0.2, 0.25) is 5.91 Å². The summed E-state index contributed by atoms with van der Waals surface area (Å²) in [6.45, 7) is 8.92. The fourth-order valence-corrected chi connectivity index (χ4v) is 13.6. The Hall–Kier alpha value is -10.3. The average Bonchev–Trinajstić information content (AvgIpc) is 1.60. The number of aliphatic carboxylic acids is 1. The highest BCUT2D eigenvalue weighted by atomic mass is 16.6. The molecule has 97 heavy (non-hydrogen) atoms. The molecular weight excluding hydrogens is 1230 g/mol. The van der Waals surface area contributed by atoms with Crippen LogP contribution in [0.1, 0.15) is 147 Å². The number of aromatic nitrogens is 4. The number of anilines is 2. The van der Waals surface area contributed by atoms with Crippen molar-refractivity contribution in [2.45, 2.75) is 120 Å². The van der Waals surface area contributed by atoms with Crippen molar-refractivity contribution in [2.24, 2.45) is 19.8 Å². The molecule has 2 atom stereocenters. The largest absolute Gasteiger partial charge is 0.478 e. The molecular formula is C76H86N10O11. The Morgan fingerprint density at radius 2 is 1.13 bits per heavy atom. The lowest BCUT2D eigenvalue weighted by molar-refractivity contribution is -0.137. The molecule has 7 N–H and O–H groups in total. The number of aryl methyl sites for hydroxylation is 2. The van der Waals surface area contributed by atoms with Crippen molar-refractivity contribution in [3.63, 3.8) is 0 Å². The average molecular weight is 1320 g/mol. The molecule has 4 amide bonds. The monoisotopic (exact) mass is 1310 g/mol. The van der Waals surface area contributed by atoms with E-state index in [9.17, 15) is 38.7 Å². The molecule has 21 heteroatoms. The van der Waals surface area contributed by atoms with Crippen molar-refractivity contribution in [2.75, 3.05) is 50.5 Å². The second-order valence-corrected chi connectivity index (χ2v) is 26.5. The van der Waals surface area contributed by atoms with Gasteiger partial charge in [-0.1, -0.05) is 74.2 Å². The number of pyridine rings is 2. The highest BCUT2D eigenvalue weighted by Crippen LogP contribution is 2.46. The lowest BCUT2D eigenvalue weighted by atomic mass is 9.92. The Bertz CT molecular complexity index is 4260. The molecule has 8 aromatic rings. The standard InChI is InChI=1S/C35H37N5O4.C21H29N3O5.C20H20N2O2/c1-39-20-18-35(22-39,34(44)37-26-14-10-23(11-15-26)12-17-30(41)42)38-33(43)25-13-16-27-29(21-25)40(2)32(28-9-5-6-19-36-28)31(27)24-7-3-4-8-24;1-5-28-17(25)11-8-15-6-9-16(10-7-15)23-18(26)21(22)12-13-24(14-21)19(27)29-20(2,3)4;1-22-17-12-14(20(23)24)9-10-15(17)18(13-6-2-3-7-13)19(22)16-8-4-5-11-21-16/h5-6,9-17,19,21,24H,3-4,7-8,18,20,22H2,1-2H3,(H,37,44)(H,38,43)(H,41,42);6-11H,5,12-14,22H2,1-4H3,(H,23,26);4-5,8-13H,2-3,6-7H2,1H3,(H,23,24)/b17-12+;11-8+;/t35-;21-;/m00./s1. The number of carboxylic acid groups (broad SMARTS) is 2. The van der Waals surface area contributed by atoms with Crippen LogP contribution >= 0.6 is 0 Å². The third-order valence-corrected chi connectivity index (χ3v) is 18.4. The number of benzene rings is 4. The number of carbonyl (C=O) groups is 7. The molecule has 0 unspecified atom stereocenters. The summed E-state index contributed by atoms with van der Waals surface area (Å²) in [6, 6.07) is 37.1. The van der Waals surface area contributed by atoms with Crippen LogP contribution < -0.4 is 21.7 Å². The summed E-state index contributed by atoms with van der Waals surface area (Å²) in [5, 5.41) is 29.3. The summed E-state index contributed by atoms with van der Waals surface area (Å²) >= 11 is 0. The lowest BCUT2D eigenvalue weighted by Crippen LogP contribution is -2.58. The summed E-state index contributed by atoms with van der Waals surface area (Å²) < 4.78 is 14.4. The van der Waals surface area contributed by atoms with Crippen molar-refractivity contribution in [1.82, 2.24) is 34.2 Å². The van der Waals surface area contributed by atoms with Crippen molar-refractivity contribution in [3.05, 3.63) is 179 Å². The topological polar surface area (TPSA) is 283 Å². The number of carboxylic acids is 2. The van der Waals surface area contributed by atoms with Crippen LogP contribution in [-0.2, 0) is 42.7 Å². The predicted octanol–water partition coefficient (Wildman–Crippen LogP) is 12.6. The van der Waals surface area contributed by atoms with E-state index in [0.717, 1.165) is 69.1 Å². The van der Waals surface area contributed by atoms with E-state index in [-0.39, 0.29) is 24.3 Å². The second kappa shape index (κ2) is 30.2.